The Morgan fingerprint density at radius 2 is 1.67 bits per heavy atom. The van der Waals surface area contributed by atoms with Gasteiger partial charge in [-0.15, -0.1) is 0 Å². The Hall–Kier alpha value is -4.06. The summed E-state index contributed by atoms with van der Waals surface area (Å²) in [5, 5.41) is 12.4. The number of hydrogen-bond donors (Lipinski definition) is 3. The molecule has 2 fully saturated rings. The molecule has 224 valence electrons. The number of nitrogens with zero attached hydrogens (tertiary/aromatic N) is 3. The molecule has 12 heteroatoms. The van der Waals surface area contributed by atoms with Gasteiger partial charge >= 0.3 is 12.1 Å². The van der Waals surface area contributed by atoms with E-state index < -0.39 is 24.3 Å². The van der Waals surface area contributed by atoms with Gasteiger partial charge in [0.15, 0.2) is 0 Å². The van der Waals surface area contributed by atoms with Crippen molar-refractivity contribution in [3.05, 3.63) is 60.2 Å². The van der Waals surface area contributed by atoms with Gasteiger partial charge in [0.05, 0.1) is 6.10 Å². The van der Waals surface area contributed by atoms with Crippen molar-refractivity contribution in [1.82, 2.24) is 15.3 Å². The summed E-state index contributed by atoms with van der Waals surface area (Å²) >= 11 is 0. The summed E-state index contributed by atoms with van der Waals surface area (Å²) in [5.74, 6) is -0.254. The number of hydrogen-bond acceptors (Lipinski definition) is 8. The van der Waals surface area contributed by atoms with Gasteiger partial charge in [-0.3, -0.25) is 4.79 Å². The summed E-state index contributed by atoms with van der Waals surface area (Å²) in [6, 6.07) is 14.2. The smallest absolute Gasteiger partial charge is 0.429 e. The lowest BCUT2D eigenvalue weighted by Crippen LogP contribution is -2.41. The van der Waals surface area contributed by atoms with Crippen molar-refractivity contribution in [2.45, 2.75) is 57.5 Å². The summed E-state index contributed by atoms with van der Waals surface area (Å²) in [7, 11) is 0. The first kappa shape index (κ1) is 29.4. The average molecular weight is 586 g/mol. The van der Waals surface area contributed by atoms with Crippen LogP contribution in [0.4, 0.5) is 24.9 Å². The van der Waals surface area contributed by atoms with Crippen LogP contribution in [0.3, 0.4) is 0 Å². The fourth-order valence-corrected chi connectivity index (χ4v) is 5.63. The molecule has 42 heavy (non-hydrogen) atoms. The number of nitrogens with one attached hydrogen (secondary N) is 1. The first-order chi connectivity index (χ1) is 19.9. The van der Waals surface area contributed by atoms with Gasteiger partial charge in [0.2, 0.25) is 17.9 Å². The van der Waals surface area contributed by atoms with Crippen LogP contribution in [0.2, 0.25) is 0 Å². The van der Waals surface area contributed by atoms with Crippen LogP contribution < -0.4 is 25.4 Å². The number of ether oxygens (including phenoxy) is 2. The zero-order chi connectivity index (χ0) is 30.1. The van der Waals surface area contributed by atoms with Gasteiger partial charge in [-0.1, -0.05) is 36.4 Å². The Kier molecular flexibility index (Phi) is 8.18. The molecule has 3 heterocycles. The first-order valence-electron chi connectivity index (χ1n) is 13.9. The van der Waals surface area contributed by atoms with Crippen LogP contribution >= 0.6 is 0 Å². The second-order valence-electron chi connectivity index (χ2n) is 11.2. The van der Waals surface area contributed by atoms with Crippen molar-refractivity contribution in [2.24, 2.45) is 5.41 Å². The van der Waals surface area contributed by atoms with E-state index in [-0.39, 0.29) is 28.9 Å². The highest BCUT2D eigenvalue weighted by molar-refractivity contribution is 5.74. The Bertz CT molecular complexity index is 1390. The highest BCUT2D eigenvalue weighted by Gasteiger charge is 2.45. The van der Waals surface area contributed by atoms with Crippen LogP contribution in [0.1, 0.15) is 44.8 Å². The van der Waals surface area contributed by atoms with Gasteiger partial charge in [-0.05, 0) is 61.8 Å². The molecule has 1 spiro atoms. The summed E-state index contributed by atoms with van der Waals surface area (Å²) in [4.78, 5) is 21.5. The Morgan fingerprint density at radius 1 is 1.05 bits per heavy atom. The van der Waals surface area contributed by atoms with Gasteiger partial charge in [-0.25, -0.2) is 0 Å². The molecule has 2 saturated heterocycles. The van der Waals surface area contributed by atoms with Crippen LogP contribution in [-0.2, 0) is 4.79 Å². The molecule has 1 unspecified atom stereocenters. The van der Waals surface area contributed by atoms with Crippen LogP contribution in [0.15, 0.2) is 54.6 Å². The van der Waals surface area contributed by atoms with E-state index in [9.17, 15) is 23.1 Å². The van der Waals surface area contributed by atoms with Gasteiger partial charge in [-0.2, -0.15) is 23.1 Å². The maximum Gasteiger partial charge on any atom is 0.429 e. The number of nitrogen functional groups attached to an aromatic ring is 1. The number of benzene rings is 2. The molecule has 0 saturated carbocycles. The lowest BCUT2D eigenvalue weighted by molar-refractivity contribution is -0.198. The van der Waals surface area contributed by atoms with Gasteiger partial charge in [0.25, 0.3) is 0 Å². The van der Waals surface area contributed by atoms with Crippen molar-refractivity contribution in [3.8, 4) is 22.8 Å². The number of rotatable bonds is 8. The maximum atomic E-state index is 14.2. The SMILES string of the molecule is CC(C)Oc1ccc(-c2ccc([C@@H](Oc3cc(N4CCC5(CC4)CNC(C(=O)O)C5)nc(N)n3)C(F)(F)F)cc2)cc1. The molecule has 2 aliphatic heterocycles. The number of carboxylic acid groups (broad SMARTS) is 1. The topological polar surface area (TPSA) is 123 Å². The second kappa shape index (κ2) is 11.7. The number of nitrogens with two attached hydrogens (primary N) is 1. The molecule has 3 aromatic rings. The molecule has 2 atom stereocenters. The van der Waals surface area contributed by atoms with E-state index in [4.69, 9.17) is 15.2 Å². The molecule has 9 nitrogen and oxygen atoms in total. The fourth-order valence-electron chi connectivity index (χ4n) is 5.63. The van der Waals surface area contributed by atoms with E-state index in [2.05, 4.69) is 15.3 Å². The minimum absolute atomic E-state index is 0.0331. The predicted octanol–water partition coefficient (Wildman–Crippen LogP) is 5.23. The number of carbonyl (C=O) groups is 1. The summed E-state index contributed by atoms with van der Waals surface area (Å²) in [6.45, 7) is 5.58. The third-order valence-electron chi connectivity index (χ3n) is 7.82. The van der Waals surface area contributed by atoms with Crippen molar-refractivity contribution in [1.29, 1.82) is 0 Å². The molecule has 0 aliphatic carbocycles. The quantitative estimate of drug-likeness (QED) is 0.326. The number of halogens is 3. The molecule has 0 bridgehead atoms. The van der Waals surface area contributed by atoms with Gasteiger partial charge in [0, 0.05) is 31.3 Å². The minimum Gasteiger partial charge on any atom is -0.491 e. The number of piperidine rings is 1. The summed E-state index contributed by atoms with van der Waals surface area (Å²) in [5.41, 5.74) is 7.26. The number of carboxylic acids is 1. The highest BCUT2D eigenvalue weighted by atomic mass is 19.4. The van der Waals surface area contributed by atoms with Crippen LogP contribution in [-0.4, -0.2) is 59.0 Å². The van der Waals surface area contributed by atoms with Crippen LogP contribution in [0.25, 0.3) is 11.1 Å². The van der Waals surface area contributed by atoms with E-state index in [1.165, 1.54) is 18.2 Å². The van der Waals surface area contributed by atoms with E-state index in [0.29, 0.717) is 37.6 Å². The minimum atomic E-state index is -4.72. The zero-order valence-electron chi connectivity index (χ0n) is 23.4. The first-order valence-corrected chi connectivity index (χ1v) is 13.9. The number of aliphatic carboxylic acids is 1. The Labute approximate surface area is 241 Å². The Morgan fingerprint density at radius 3 is 2.21 bits per heavy atom. The monoisotopic (exact) mass is 585 g/mol. The van der Waals surface area contributed by atoms with E-state index in [0.717, 1.165) is 24.0 Å². The lowest BCUT2D eigenvalue weighted by Gasteiger charge is -2.39. The van der Waals surface area contributed by atoms with Gasteiger partial charge < -0.3 is 30.5 Å². The zero-order valence-corrected chi connectivity index (χ0v) is 23.4. The molecule has 4 N–H and O–H groups in total. The molecule has 1 aromatic heterocycles. The number of aromatic nitrogens is 2. The molecule has 0 radical (unpaired) electrons. The second-order valence-corrected chi connectivity index (χ2v) is 11.2. The Balaban J connectivity index is 1.30. The maximum absolute atomic E-state index is 14.2. The van der Waals surface area contributed by atoms with Crippen molar-refractivity contribution in [2.75, 3.05) is 30.3 Å². The van der Waals surface area contributed by atoms with E-state index in [1.54, 1.807) is 12.1 Å². The average Bonchev–Trinajstić information content (AvgIpc) is 3.35. The van der Waals surface area contributed by atoms with Gasteiger partial charge in [0.1, 0.15) is 17.6 Å². The molecule has 0 amide bonds. The molecular weight excluding hydrogens is 551 g/mol. The van der Waals surface area contributed by atoms with Crippen LogP contribution in [0.5, 0.6) is 11.6 Å². The predicted molar refractivity (Wildman–Crippen MR) is 151 cm³/mol. The summed E-state index contributed by atoms with van der Waals surface area (Å²) in [6.07, 6.45) is -4.97. The van der Waals surface area contributed by atoms with Crippen molar-refractivity contribution < 1.29 is 32.5 Å². The van der Waals surface area contributed by atoms with E-state index >= 15 is 0 Å². The van der Waals surface area contributed by atoms with E-state index in [1.807, 2.05) is 43.0 Å². The standard InChI is InChI=1S/C30H34F3N5O4/c1-18(2)41-22-9-7-20(8-10-22)19-3-5-21(6-4-19)26(30(31,32)33)42-25-15-24(36-28(34)37-25)38-13-11-29(12-14-38)16-23(27(39)40)35-17-29/h3-10,15,18,23,26,35H,11-14,16-17H2,1-2H3,(H,39,40)(H2,34,36,37)/t23?,26-/m1/s1. The lowest BCUT2D eigenvalue weighted by atomic mass is 9.76. The van der Waals surface area contributed by atoms with Crippen molar-refractivity contribution in [3.63, 3.8) is 0 Å². The number of anilines is 2. The molecule has 2 aromatic carbocycles. The third-order valence-corrected chi connectivity index (χ3v) is 7.82. The molecule has 2 aliphatic rings. The highest BCUT2D eigenvalue weighted by Crippen LogP contribution is 2.41. The summed E-state index contributed by atoms with van der Waals surface area (Å²) < 4.78 is 53.7. The number of alkyl halides is 3. The largest absolute Gasteiger partial charge is 0.491 e. The molecular formula is C30H34F3N5O4. The fraction of sp³-hybridized carbons (Fsp3) is 0.433. The molecule has 5 rings (SSSR count). The van der Waals surface area contributed by atoms with Crippen LogP contribution in [0, 0.1) is 5.41 Å². The van der Waals surface area contributed by atoms with Crippen molar-refractivity contribution >= 4 is 17.7 Å². The third kappa shape index (κ3) is 6.70. The normalized spacial score (nSPS) is 19.2.